The number of piperidine rings is 1. The Balaban J connectivity index is 1.56. The fourth-order valence-electron chi connectivity index (χ4n) is 2.95. The molecule has 3 rings (SSSR count). The van der Waals surface area contributed by atoms with Crippen molar-refractivity contribution in [2.75, 3.05) is 18.4 Å². The highest BCUT2D eigenvalue weighted by Gasteiger charge is 2.28. The smallest absolute Gasteiger partial charge is 0.321 e. The average Bonchev–Trinajstić information content (AvgIpc) is 2.64. The van der Waals surface area contributed by atoms with Gasteiger partial charge in [-0.1, -0.05) is 23.7 Å². The van der Waals surface area contributed by atoms with E-state index in [2.05, 4.69) is 5.32 Å². The first-order chi connectivity index (χ1) is 12.0. The first-order valence-electron chi connectivity index (χ1n) is 8.15. The number of urea groups is 1. The number of carbonyl (C=O) groups is 2. The van der Waals surface area contributed by atoms with E-state index in [9.17, 15) is 14.0 Å². The van der Waals surface area contributed by atoms with E-state index in [0.717, 1.165) is 0 Å². The molecule has 1 aliphatic heterocycles. The SMILES string of the molecule is O=C(c1ccc(Cl)cc1)C1CCN(C(=O)Nc2ccccc2F)CC1. The van der Waals surface area contributed by atoms with Crippen molar-refractivity contribution in [2.45, 2.75) is 12.8 Å². The number of nitrogens with zero attached hydrogens (tertiary/aromatic N) is 1. The van der Waals surface area contributed by atoms with Crippen LogP contribution in [-0.4, -0.2) is 29.8 Å². The summed E-state index contributed by atoms with van der Waals surface area (Å²) >= 11 is 5.84. The van der Waals surface area contributed by atoms with Gasteiger partial charge in [0.1, 0.15) is 5.82 Å². The molecule has 1 saturated heterocycles. The molecular formula is C19H18ClFN2O2. The summed E-state index contributed by atoms with van der Waals surface area (Å²) in [7, 11) is 0. The van der Waals surface area contributed by atoms with Crippen LogP contribution in [0.1, 0.15) is 23.2 Å². The Labute approximate surface area is 150 Å². The Morgan fingerprint density at radius 2 is 1.68 bits per heavy atom. The van der Waals surface area contributed by atoms with Crippen molar-refractivity contribution in [3.63, 3.8) is 0 Å². The van der Waals surface area contributed by atoms with Crippen LogP contribution in [0, 0.1) is 11.7 Å². The van der Waals surface area contributed by atoms with E-state index >= 15 is 0 Å². The Bertz CT molecular complexity index is 771. The van der Waals surface area contributed by atoms with Crippen LogP contribution < -0.4 is 5.32 Å². The van der Waals surface area contributed by atoms with Gasteiger partial charge < -0.3 is 10.2 Å². The Kier molecular flexibility index (Phi) is 5.34. The molecule has 0 bridgehead atoms. The number of nitrogens with one attached hydrogen (secondary N) is 1. The van der Waals surface area contributed by atoms with Crippen molar-refractivity contribution >= 4 is 29.1 Å². The Hall–Kier alpha value is -2.40. The monoisotopic (exact) mass is 360 g/mol. The topological polar surface area (TPSA) is 49.4 Å². The number of Topliss-reactive ketones (excluding diaryl/α,β-unsaturated/α-hetero) is 1. The predicted octanol–water partition coefficient (Wildman–Crippen LogP) is 4.61. The largest absolute Gasteiger partial charge is 0.324 e. The molecule has 2 aromatic rings. The number of hydrogen-bond acceptors (Lipinski definition) is 2. The minimum atomic E-state index is -0.469. The highest BCUT2D eigenvalue weighted by atomic mass is 35.5. The van der Waals surface area contributed by atoms with E-state index in [-0.39, 0.29) is 23.4 Å². The third-order valence-electron chi connectivity index (χ3n) is 4.40. The molecule has 0 radical (unpaired) electrons. The molecule has 0 aromatic heterocycles. The summed E-state index contributed by atoms with van der Waals surface area (Å²) in [5.41, 5.74) is 0.797. The molecule has 0 spiro atoms. The average molecular weight is 361 g/mol. The maximum atomic E-state index is 13.6. The van der Waals surface area contributed by atoms with Gasteiger partial charge >= 0.3 is 6.03 Å². The lowest BCUT2D eigenvalue weighted by atomic mass is 9.89. The van der Waals surface area contributed by atoms with E-state index in [1.165, 1.54) is 12.1 Å². The Morgan fingerprint density at radius 3 is 2.32 bits per heavy atom. The van der Waals surface area contributed by atoms with Gasteiger partial charge in [0.05, 0.1) is 5.69 Å². The van der Waals surface area contributed by atoms with Crippen molar-refractivity contribution in [2.24, 2.45) is 5.92 Å². The number of benzene rings is 2. The van der Waals surface area contributed by atoms with Crippen molar-refractivity contribution in [1.82, 2.24) is 4.90 Å². The van der Waals surface area contributed by atoms with Gasteiger partial charge in [0.25, 0.3) is 0 Å². The molecule has 25 heavy (non-hydrogen) atoms. The summed E-state index contributed by atoms with van der Waals surface area (Å²) < 4.78 is 13.6. The standard InChI is InChI=1S/C19H18ClFN2O2/c20-15-7-5-13(6-8-15)18(24)14-9-11-23(12-10-14)19(25)22-17-4-2-1-3-16(17)21/h1-8,14H,9-12H2,(H,22,25). The summed E-state index contributed by atoms with van der Waals surface area (Å²) in [5, 5.41) is 3.17. The van der Waals surface area contributed by atoms with Crippen LogP contribution in [0.4, 0.5) is 14.9 Å². The van der Waals surface area contributed by atoms with Crippen molar-refractivity contribution in [3.05, 3.63) is 64.9 Å². The van der Waals surface area contributed by atoms with Crippen LogP contribution in [0.2, 0.25) is 5.02 Å². The van der Waals surface area contributed by atoms with Crippen LogP contribution in [0.15, 0.2) is 48.5 Å². The summed E-state index contributed by atoms with van der Waals surface area (Å²) in [6.07, 6.45) is 1.18. The molecule has 0 aliphatic carbocycles. The van der Waals surface area contributed by atoms with Gasteiger partial charge in [0, 0.05) is 29.6 Å². The minimum absolute atomic E-state index is 0.0748. The number of likely N-dealkylation sites (tertiary alicyclic amines) is 1. The van der Waals surface area contributed by atoms with Crippen LogP contribution in [-0.2, 0) is 0 Å². The zero-order valence-corrected chi connectivity index (χ0v) is 14.3. The second-order valence-electron chi connectivity index (χ2n) is 6.04. The van der Waals surface area contributed by atoms with Crippen LogP contribution in [0.3, 0.4) is 0 Å². The maximum absolute atomic E-state index is 13.6. The first kappa shape index (κ1) is 17.4. The summed E-state index contributed by atoms with van der Waals surface area (Å²) in [6.45, 7) is 0.925. The second kappa shape index (κ2) is 7.66. The highest BCUT2D eigenvalue weighted by molar-refractivity contribution is 6.30. The van der Waals surface area contributed by atoms with Crippen molar-refractivity contribution in [1.29, 1.82) is 0 Å². The number of carbonyl (C=O) groups excluding carboxylic acids is 2. The number of rotatable bonds is 3. The van der Waals surface area contributed by atoms with E-state index in [1.807, 2.05) is 0 Å². The number of halogens is 2. The molecule has 1 heterocycles. The van der Waals surface area contributed by atoms with Gasteiger partial charge in [-0.15, -0.1) is 0 Å². The van der Waals surface area contributed by atoms with Gasteiger partial charge in [0.2, 0.25) is 0 Å². The minimum Gasteiger partial charge on any atom is -0.324 e. The number of para-hydroxylation sites is 1. The molecular weight excluding hydrogens is 343 g/mol. The quantitative estimate of drug-likeness (QED) is 0.813. The summed E-state index contributed by atoms with van der Waals surface area (Å²) in [5.74, 6) is -0.506. The van der Waals surface area contributed by atoms with E-state index in [4.69, 9.17) is 11.6 Å². The van der Waals surface area contributed by atoms with Gasteiger partial charge in [-0.3, -0.25) is 4.79 Å². The molecule has 4 nitrogen and oxygen atoms in total. The van der Waals surface area contributed by atoms with E-state index in [0.29, 0.717) is 36.5 Å². The third kappa shape index (κ3) is 4.17. The molecule has 0 atom stereocenters. The fourth-order valence-corrected chi connectivity index (χ4v) is 3.08. The molecule has 2 aromatic carbocycles. The number of amides is 2. The number of hydrogen-bond donors (Lipinski definition) is 1. The summed E-state index contributed by atoms with van der Waals surface area (Å²) in [4.78, 5) is 26.4. The lowest BCUT2D eigenvalue weighted by molar-refractivity contribution is 0.0859. The van der Waals surface area contributed by atoms with Crippen molar-refractivity contribution < 1.29 is 14.0 Å². The first-order valence-corrected chi connectivity index (χ1v) is 8.52. The molecule has 1 aliphatic rings. The van der Waals surface area contributed by atoms with Crippen LogP contribution >= 0.6 is 11.6 Å². The number of ketones is 1. The molecule has 1 N–H and O–H groups in total. The summed E-state index contributed by atoms with van der Waals surface area (Å²) in [6, 6.07) is 12.6. The zero-order valence-electron chi connectivity index (χ0n) is 13.5. The lowest BCUT2D eigenvalue weighted by Gasteiger charge is -2.31. The normalized spacial score (nSPS) is 15.0. The molecule has 0 unspecified atom stereocenters. The van der Waals surface area contributed by atoms with Gasteiger partial charge in [0.15, 0.2) is 5.78 Å². The molecule has 1 fully saturated rings. The lowest BCUT2D eigenvalue weighted by Crippen LogP contribution is -2.42. The highest BCUT2D eigenvalue weighted by Crippen LogP contribution is 2.23. The van der Waals surface area contributed by atoms with Crippen LogP contribution in [0.25, 0.3) is 0 Å². The van der Waals surface area contributed by atoms with E-state index in [1.54, 1.807) is 41.3 Å². The van der Waals surface area contributed by atoms with Gasteiger partial charge in [-0.05, 0) is 49.2 Å². The number of anilines is 1. The maximum Gasteiger partial charge on any atom is 0.321 e. The predicted molar refractivity (Wildman–Crippen MR) is 95.5 cm³/mol. The Morgan fingerprint density at radius 1 is 1.04 bits per heavy atom. The molecule has 6 heteroatoms. The fraction of sp³-hybridized carbons (Fsp3) is 0.263. The molecule has 2 amide bonds. The third-order valence-corrected chi connectivity index (χ3v) is 4.65. The van der Waals surface area contributed by atoms with Crippen LogP contribution in [0.5, 0.6) is 0 Å². The molecule has 0 saturated carbocycles. The zero-order chi connectivity index (χ0) is 17.8. The van der Waals surface area contributed by atoms with Gasteiger partial charge in [-0.25, -0.2) is 9.18 Å². The van der Waals surface area contributed by atoms with Gasteiger partial charge in [-0.2, -0.15) is 0 Å². The van der Waals surface area contributed by atoms with Crippen molar-refractivity contribution in [3.8, 4) is 0 Å². The van der Waals surface area contributed by atoms with E-state index < -0.39 is 5.82 Å². The molecule has 130 valence electrons. The second-order valence-corrected chi connectivity index (χ2v) is 6.48.